The second-order valence-corrected chi connectivity index (χ2v) is 8.22. The first kappa shape index (κ1) is 23.8. The SMILES string of the molecule is Cc1noc(C)c1CN1CC[C@H]2CN(C(=O)c3nccn3C)C[C@H]2C1.O=C(O)C(F)(F)F. The average molecular weight is 457 g/mol. The van der Waals surface area contributed by atoms with E-state index in [-0.39, 0.29) is 5.91 Å². The van der Waals surface area contributed by atoms with E-state index in [1.807, 2.05) is 32.0 Å². The highest BCUT2D eigenvalue weighted by molar-refractivity contribution is 5.91. The molecule has 2 atom stereocenters. The van der Waals surface area contributed by atoms with Gasteiger partial charge < -0.3 is 19.1 Å². The number of amides is 1. The Labute approximate surface area is 182 Å². The van der Waals surface area contributed by atoms with Crippen LogP contribution >= 0.6 is 0 Å². The summed E-state index contributed by atoms with van der Waals surface area (Å²) < 4.78 is 38.8. The number of halogens is 3. The zero-order chi connectivity index (χ0) is 23.6. The normalized spacial score (nSPS) is 21.1. The Morgan fingerprint density at radius 2 is 1.88 bits per heavy atom. The number of fused-ring (bicyclic) bond motifs is 1. The number of carboxylic acid groups (broad SMARTS) is 1. The summed E-state index contributed by atoms with van der Waals surface area (Å²) >= 11 is 0. The molecule has 4 rings (SSSR count). The number of aryl methyl sites for hydroxylation is 3. The Balaban J connectivity index is 0.000000360. The fourth-order valence-corrected chi connectivity index (χ4v) is 4.22. The summed E-state index contributed by atoms with van der Waals surface area (Å²) in [6.45, 7) is 8.64. The van der Waals surface area contributed by atoms with Gasteiger partial charge in [-0.15, -0.1) is 0 Å². The van der Waals surface area contributed by atoms with Crippen molar-refractivity contribution in [1.29, 1.82) is 0 Å². The number of aromatic nitrogens is 3. The molecule has 2 fully saturated rings. The largest absolute Gasteiger partial charge is 0.490 e. The third-order valence-electron chi connectivity index (χ3n) is 5.99. The fraction of sp³-hybridized carbons (Fsp3) is 0.600. The molecule has 1 amide bonds. The van der Waals surface area contributed by atoms with E-state index in [9.17, 15) is 18.0 Å². The van der Waals surface area contributed by atoms with Gasteiger partial charge in [0, 0.05) is 51.2 Å². The summed E-state index contributed by atoms with van der Waals surface area (Å²) in [5, 5.41) is 11.2. The standard InChI is InChI=1S/C18H25N5O2.C2HF3O2/c1-12-16(13(2)25-20-12)11-22-6-4-14-9-23(10-15(14)8-22)18(24)17-19-5-7-21(17)3;3-2(4,5)1(6)7/h5,7,14-15H,4,6,8-11H2,1-3H3;(H,6,7)/t14-,15+;/m0./s1. The van der Waals surface area contributed by atoms with Crippen molar-refractivity contribution in [3.63, 3.8) is 0 Å². The molecule has 2 aromatic heterocycles. The predicted molar refractivity (Wildman–Crippen MR) is 106 cm³/mol. The molecule has 32 heavy (non-hydrogen) atoms. The Morgan fingerprint density at radius 3 is 2.41 bits per heavy atom. The number of nitrogens with zero attached hydrogens (tertiary/aromatic N) is 5. The number of piperidine rings is 1. The molecule has 0 aromatic carbocycles. The van der Waals surface area contributed by atoms with Gasteiger partial charge in [-0.25, -0.2) is 9.78 Å². The highest BCUT2D eigenvalue weighted by Crippen LogP contribution is 2.33. The first-order chi connectivity index (χ1) is 15.0. The maximum Gasteiger partial charge on any atom is 0.490 e. The fourth-order valence-electron chi connectivity index (χ4n) is 4.22. The molecule has 12 heteroatoms. The van der Waals surface area contributed by atoms with Crippen LogP contribution < -0.4 is 0 Å². The van der Waals surface area contributed by atoms with Crippen molar-refractivity contribution >= 4 is 11.9 Å². The minimum atomic E-state index is -5.08. The van der Waals surface area contributed by atoms with Crippen LogP contribution in [0.4, 0.5) is 13.2 Å². The molecule has 2 aliphatic heterocycles. The number of likely N-dealkylation sites (tertiary alicyclic amines) is 2. The monoisotopic (exact) mass is 457 g/mol. The quantitative estimate of drug-likeness (QED) is 0.754. The molecule has 2 saturated heterocycles. The van der Waals surface area contributed by atoms with Crippen molar-refractivity contribution in [3.05, 3.63) is 35.2 Å². The number of carbonyl (C=O) groups is 2. The molecular formula is C20H26F3N5O4. The van der Waals surface area contributed by atoms with Crippen LogP contribution in [0.1, 0.15) is 34.1 Å². The lowest BCUT2D eigenvalue weighted by Gasteiger charge is -2.34. The summed E-state index contributed by atoms with van der Waals surface area (Å²) in [4.78, 5) is 30.3. The Kier molecular flexibility index (Phi) is 6.91. The second-order valence-electron chi connectivity index (χ2n) is 8.22. The molecule has 0 bridgehead atoms. The van der Waals surface area contributed by atoms with E-state index >= 15 is 0 Å². The number of aliphatic carboxylic acids is 1. The van der Waals surface area contributed by atoms with Crippen molar-refractivity contribution in [2.75, 3.05) is 26.2 Å². The van der Waals surface area contributed by atoms with Crippen LogP contribution in [0.5, 0.6) is 0 Å². The second kappa shape index (κ2) is 9.31. The number of carboxylic acids is 1. The average Bonchev–Trinajstić information content (AvgIpc) is 3.42. The lowest BCUT2D eigenvalue weighted by atomic mass is 9.88. The van der Waals surface area contributed by atoms with Gasteiger partial charge in [-0.3, -0.25) is 9.69 Å². The van der Waals surface area contributed by atoms with Crippen LogP contribution in [0.15, 0.2) is 16.9 Å². The van der Waals surface area contributed by atoms with Gasteiger partial charge in [-0.1, -0.05) is 5.16 Å². The smallest absolute Gasteiger partial charge is 0.475 e. The maximum atomic E-state index is 12.7. The van der Waals surface area contributed by atoms with Gasteiger partial charge in [0.2, 0.25) is 0 Å². The molecule has 4 heterocycles. The van der Waals surface area contributed by atoms with Gasteiger partial charge in [0.1, 0.15) is 5.76 Å². The predicted octanol–water partition coefficient (Wildman–Crippen LogP) is 2.25. The van der Waals surface area contributed by atoms with Crippen LogP contribution in [0.2, 0.25) is 0 Å². The van der Waals surface area contributed by atoms with Crippen LogP contribution in [-0.4, -0.2) is 73.8 Å². The van der Waals surface area contributed by atoms with Gasteiger partial charge in [0.15, 0.2) is 5.82 Å². The number of imidazole rings is 1. The summed E-state index contributed by atoms with van der Waals surface area (Å²) in [6, 6.07) is 0. The van der Waals surface area contributed by atoms with Crippen molar-refractivity contribution < 1.29 is 32.4 Å². The minimum absolute atomic E-state index is 0.0548. The molecular weight excluding hydrogens is 431 g/mol. The van der Waals surface area contributed by atoms with Gasteiger partial charge in [-0.05, 0) is 38.6 Å². The number of alkyl halides is 3. The van der Waals surface area contributed by atoms with Crippen LogP contribution in [-0.2, 0) is 18.4 Å². The van der Waals surface area contributed by atoms with E-state index in [0.717, 1.165) is 50.6 Å². The van der Waals surface area contributed by atoms with E-state index in [0.29, 0.717) is 17.7 Å². The first-order valence-electron chi connectivity index (χ1n) is 10.2. The van der Waals surface area contributed by atoms with Gasteiger partial charge in [0.05, 0.1) is 5.69 Å². The van der Waals surface area contributed by atoms with Crippen LogP contribution in [0.25, 0.3) is 0 Å². The van der Waals surface area contributed by atoms with Gasteiger partial charge >= 0.3 is 12.1 Å². The highest BCUT2D eigenvalue weighted by Gasteiger charge is 2.40. The lowest BCUT2D eigenvalue weighted by Crippen LogP contribution is -2.39. The van der Waals surface area contributed by atoms with E-state index < -0.39 is 12.1 Å². The molecule has 0 unspecified atom stereocenters. The van der Waals surface area contributed by atoms with Crippen molar-refractivity contribution in [3.8, 4) is 0 Å². The molecule has 1 N–H and O–H groups in total. The molecule has 176 valence electrons. The third-order valence-corrected chi connectivity index (χ3v) is 5.99. The molecule has 9 nitrogen and oxygen atoms in total. The Morgan fingerprint density at radius 1 is 1.22 bits per heavy atom. The van der Waals surface area contributed by atoms with E-state index in [1.54, 1.807) is 10.8 Å². The van der Waals surface area contributed by atoms with Crippen molar-refractivity contribution in [2.24, 2.45) is 18.9 Å². The van der Waals surface area contributed by atoms with Crippen molar-refractivity contribution in [1.82, 2.24) is 24.5 Å². The topological polar surface area (TPSA) is 105 Å². The van der Waals surface area contributed by atoms with Gasteiger partial charge in [-0.2, -0.15) is 13.2 Å². The van der Waals surface area contributed by atoms with E-state index in [2.05, 4.69) is 15.0 Å². The molecule has 2 aliphatic rings. The van der Waals surface area contributed by atoms with E-state index in [1.165, 1.54) is 5.56 Å². The lowest BCUT2D eigenvalue weighted by molar-refractivity contribution is -0.192. The number of hydrogen-bond acceptors (Lipinski definition) is 6. The molecule has 0 aliphatic carbocycles. The Bertz CT molecular complexity index is 951. The number of carbonyl (C=O) groups excluding carboxylic acids is 1. The molecule has 0 spiro atoms. The van der Waals surface area contributed by atoms with Gasteiger partial charge in [0.25, 0.3) is 5.91 Å². The summed E-state index contributed by atoms with van der Waals surface area (Å²) in [5.41, 5.74) is 2.19. The van der Waals surface area contributed by atoms with Crippen LogP contribution in [0.3, 0.4) is 0 Å². The van der Waals surface area contributed by atoms with Crippen molar-refractivity contribution in [2.45, 2.75) is 33.0 Å². The molecule has 0 saturated carbocycles. The first-order valence-corrected chi connectivity index (χ1v) is 10.2. The molecule has 2 aromatic rings. The zero-order valence-corrected chi connectivity index (χ0v) is 18.1. The summed E-state index contributed by atoms with van der Waals surface area (Å²) in [7, 11) is 1.87. The molecule has 0 radical (unpaired) electrons. The minimum Gasteiger partial charge on any atom is -0.475 e. The highest BCUT2D eigenvalue weighted by atomic mass is 19.4. The maximum absolute atomic E-state index is 12.7. The summed E-state index contributed by atoms with van der Waals surface area (Å²) in [5.74, 6) is -0.112. The summed E-state index contributed by atoms with van der Waals surface area (Å²) in [6.07, 6.45) is -0.443. The number of hydrogen-bond donors (Lipinski definition) is 1. The van der Waals surface area contributed by atoms with Crippen LogP contribution in [0, 0.1) is 25.7 Å². The number of rotatable bonds is 3. The third kappa shape index (κ3) is 5.29. The Hall–Kier alpha value is -2.89. The van der Waals surface area contributed by atoms with E-state index in [4.69, 9.17) is 14.4 Å². The zero-order valence-electron chi connectivity index (χ0n) is 18.1.